The van der Waals surface area contributed by atoms with Crippen LogP contribution in [0.1, 0.15) is 6.92 Å². The lowest BCUT2D eigenvalue weighted by molar-refractivity contribution is -0.236. The smallest absolute Gasteiger partial charge is 0.457 e. The standard InChI is InChI=1S/C17H12F4O5/c1-8(15(22)23)24-9-2-4-11-12-5-3-10(25-16(18)17(19,20)21)7-14(12)26-13(11)6-9/h2-8,16H,1H3,(H,22,23). The normalized spacial score (nSPS) is 14.3. The minimum absolute atomic E-state index is 0.190. The Hall–Kier alpha value is -2.97. The van der Waals surface area contributed by atoms with E-state index in [-0.39, 0.29) is 17.1 Å². The van der Waals surface area contributed by atoms with Gasteiger partial charge in [0.25, 0.3) is 0 Å². The molecule has 9 heteroatoms. The van der Waals surface area contributed by atoms with Crippen molar-refractivity contribution in [3.63, 3.8) is 0 Å². The van der Waals surface area contributed by atoms with E-state index in [1.165, 1.54) is 25.1 Å². The maximum Gasteiger partial charge on any atom is 0.457 e. The van der Waals surface area contributed by atoms with Crippen LogP contribution in [-0.4, -0.2) is 29.7 Å². The first kappa shape index (κ1) is 17.8. The van der Waals surface area contributed by atoms with Crippen LogP contribution in [0.2, 0.25) is 0 Å². The highest BCUT2D eigenvalue weighted by Gasteiger charge is 2.42. The molecule has 5 nitrogen and oxygen atoms in total. The van der Waals surface area contributed by atoms with Crippen molar-refractivity contribution in [2.75, 3.05) is 0 Å². The van der Waals surface area contributed by atoms with E-state index in [4.69, 9.17) is 14.3 Å². The SMILES string of the molecule is CC(Oc1ccc2c(c1)oc1cc(OC(F)C(F)(F)F)ccc12)C(=O)O. The van der Waals surface area contributed by atoms with Crippen molar-refractivity contribution >= 4 is 27.9 Å². The molecule has 0 spiro atoms. The lowest BCUT2D eigenvalue weighted by Gasteiger charge is -2.13. The number of carboxylic acids is 1. The van der Waals surface area contributed by atoms with Gasteiger partial charge < -0.3 is 19.0 Å². The number of rotatable bonds is 5. The van der Waals surface area contributed by atoms with Crippen LogP contribution in [-0.2, 0) is 4.79 Å². The van der Waals surface area contributed by atoms with E-state index in [0.717, 1.165) is 6.07 Å². The molecule has 1 N–H and O–H groups in total. The van der Waals surface area contributed by atoms with Gasteiger partial charge in [-0.15, -0.1) is 0 Å². The summed E-state index contributed by atoms with van der Waals surface area (Å²) in [4.78, 5) is 10.8. The van der Waals surface area contributed by atoms with Crippen LogP contribution in [0, 0.1) is 0 Å². The molecule has 0 aliphatic rings. The molecule has 3 rings (SSSR count). The van der Waals surface area contributed by atoms with Gasteiger partial charge in [-0.25, -0.2) is 4.79 Å². The third kappa shape index (κ3) is 3.51. The molecule has 2 unspecified atom stereocenters. The quantitative estimate of drug-likeness (QED) is 0.659. The molecule has 2 atom stereocenters. The third-order valence-electron chi connectivity index (χ3n) is 3.57. The van der Waals surface area contributed by atoms with E-state index in [1.807, 2.05) is 0 Å². The van der Waals surface area contributed by atoms with Crippen molar-refractivity contribution in [1.82, 2.24) is 0 Å². The summed E-state index contributed by atoms with van der Waals surface area (Å²) in [5.41, 5.74) is 0.523. The zero-order valence-electron chi connectivity index (χ0n) is 13.2. The van der Waals surface area contributed by atoms with Gasteiger partial charge in [0, 0.05) is 22.9 Å². The van der Waals surface area contributed by atoms with Crippen LogP contribution >= 0.6 is 0 Å². The van der Waals surface area contributed by atoms with Crippen molar-refractivity contribution in [3.05, 3.63) is 36.4 Å². The van der Waals surface area contributed by atoms with Gasteiger partial charge in [0.2, 0.25) is 0 Å². The summed E-state index contributed by atoms with van der Waals surface area (Å²) in [7, 11) is 0. The molecule has 0 amide bonds. The Morgan fingerprint density at radius 2 is 1.54 bits per heavy atom. The van der Waals surface area contributed by atoms with Gasteiger partial charge in [-0.1, -0.05) is 0 Å². The van der Waals surface area contributed by atoms with Crippen LogP contribution in [0.15, 0.2) is 40.8 Å². The average molecular weight is 372 g/mol. The molecule has 1 heterocycles. The Bertz CT molecular complexity index is 963. The summed E-state index contributed by atoms with van der Waals surface area (Å²) < 4.78 is 64.7. The second kappa shape index (κ2) is 6.40. The number of fused-ring (bicyclic) bond motifs is 3. The average Bonchev–Trinajstić information content (AvgIpc) is 2.90. The minimum atomic E-state index is -5.13. The number of alkyl halides is 4. The Balaban J connectivity index is 1.93. The lowest BCUT2D eigenvalue weighted by atomic mass is 10.1. The van der Waals surface area contributed by atoms with Crippen LogP contribution < -0.4 is 9.47 Å². The third-order valence-corrected chi connectivity index (χ3v) is 3.57. The number of halogens is 4. The van der Waals surface area contributed by atoms with E-state index >= 15 is 0 Å². The number of furan rings is 1. The zero-order chi connectivity index (χ0) is 19.1. The fourth-order valence-corrected chi connectivity index (χ4v) is 2.33. The summed E-state index contributed by atoms with van der Waals surface area (Å²) in [6, 6.07) is 8.42. The number of benzene rings is 2. The fourth-order valence-electron chi connectivity index (χ4n) is 2.33. The largest absolute Gasteiger partial charge is 0.479 e. The molecule has 26 heavy (non-hydrogen) atoms. The molecule has 0 saturated carbocycles. The topological polar surface area (TPSA) is 68.9 Å². The highest BCUT2D eigenvalue weighted by atomic mass is 19.4. The molecule has 0 aliphatic carbocycles. The van der Waals surface area contributed by atoms with Gasteiger partial charge in [0.05, 0.1) is 0 Å². The van der Waals surface area contributed by atoms with Crippen molar-refractivity contribution in [2.24, 2.45) is 0 Å². The second-order valence-corrected chi connectivity index (χ2v) is 5.49. The summed E-state index contributed by atoms with van der Waals surface area (Å²) in [6.45, 7) is 1.36. The summed E-state index contributed by atoms with van der Waals surface area (Å²) in [5.74, 6) is -1.22. The molecular formula is C17H12F4O5. The van der Waals surface area contributed by atoms with Gasteiger partial charge in [-0.3, -0.25) is 0 Å². The number of aliphatic carboxylic acids is 1. The highest BCUT2D eigenvalue weighted by molar-refractivity contribution is 6.05. The molecule has 138 valence electrons. The molecular weight excluding hydrogens is 360 g/mol. The van der Waals surface area contributed by atoms with Crippen LogP contribution in [0.3, 0.4) is 0 Å². The molecule has 0 aliphatic heterocycles. The summed E-state index contributed by atoms with van der Waals surface area (Å²) in [6.07, 6.45) is -9.64. The first-order valence-electron chi connectivity index (χ1n) is 7.38. The minimum Gasteiger partial charge on any atom is -0.479 e. The van der Waals surface area contributed by atoms with E-state index in [0.29, 0.717) is 16.4 Å². The molecule has 2 aromatic carbocycles. The molecule has 0 bridgehead atoms. The number of carboxylic acid groups (broad SMARTS) is 1. The first-order valence-corrected chi connectivity index (χ1v) is 7.38. The number of hydrogen-bond acceptors (Lipinski definition) is 4. The molecule has 1 aromatic heterocycles. The summed E-state index contributed by atoms with van der Waals surface area (Å²) >= 11 is 0. The monoisotopic (exact) mass is 372 g/mol. The predicted octanol–water partition coefficient (Wildman–Crippen LogP) is 4.67. The fraction of sp³-hybridized carbons (Fsp3) is 0.235. The van der Waals surface area contributed by atoms with Crippen molar-refractivity contribution < 1.29 is 41.4 Å². The van der Waals surface area contributed by atoms with Crippen LogP contribution in [0.4, 0.5) is 17.6 Å². The van der Waals surface area contributed by atoms with Crippen molar-refractivity contribution in [1.29, 1.82) is 0 Å². The molecule has 0 fully saturated rings. The van der Waals surface area contributed by atoms with Crippen molar-refractivity contribution in [2.45, 2.75) is 25.6 Å². The second-order valence-electron chi connectivity index (χ2n) is 5.49. The van der Waals surface area contributed by atoms with Gasteiger partial charge in [-0.2, -0.15) is 17.6 Å². The summed E-state index contributed by atoms with van der Waals surface area (Å²) in [5, 5.41) is 10.1. The van der Waals surface area contributed by atoms with Crippen LogP contribution in [0.25, 0.3) is 21.9 Å². The number of ether oxygens (including phenoxy) is 2. The molecule has 0 saturated heterocycles. The van der Waals surface area contributed by atoms with E-state index in [9.17, 15) is 22.4 Å². The maximum atomic E-state index is 13.0. The highest BCUT2D eigenvalue weighted by Crippen LogP contribution is 2.34. The zero-order valence-corrected chi connectivity index (χ0v) is 13.2. The molecule has 0 radical (unpaired) electrons. The Labute approximate surface area is 143 Å². The maximum absolute atomic E-state index is 13.0. The van der Waals surface area contributed by atoms with Gasteiger partial charge in [-0.05, 0) is 31.2 Å². The Morgan fingerprint density at radius 3 is 2.00 bits per heavy atom. The van der Waals surface area contributed by atoms with Crippen LogP contribution in [0.5, 0.6) is 11.5 Å². The number of hydrogen-bond donors (Lipinski definition) is 1. The van der Waals surface area contributed by atoms with E-state index in [1.54, 1.807) is 12.1 Å². The lowest BCUT2D eigenvalue weighted by Crippen LogP contribution is -2.29. The Morgan fingerprint density at radius 1 is 1.04 bits per heavy atom. The predicted molar refractivity (Wildman–Crippen MR) is 83.0 cm³/mol. The number of carbonyl (C=O) groups is 1. The van der Waals surface area contributed by atoms with Gasteiger partial charge in [0.1, 0.15) is 22.7 Å². The molecule has 3 aromatic rings. The Kier molecular flexibility index (Phi) is 4.39. The van der Waals surface area contributed by atoms with Crippen molar-refractivity contribution in [3.8, 4) is 11.5 Å². The van der Waals surface area contributed by atoms with E-state index in [2.05, 4.69) is 4.74 Å². The van der Waals surface area contributed by atoms with Gasteiger partial charge >= 0.3 is 18.5 Å². The first-order chi connectivity index (χ1) is 12.1. The van der Waals surface area contributed by atoms with Gasteiger partial charge in [0.15, 0.2) is 6.10 Å². The van der Waals surface area contributed by atoms with E-state index < -0.39 is 24.6 Å².